The maximum absolute atomic E-state index is 5.64. The average Bonchev–Trinajstić information content (AvgIpc) is 2.28. The molecule has 17 heavy (non-hydrogen) atoms. The van der Waals surface area contributed by atoms with E-state index in [1.54, 1.807) is 0 Å². The lowest BCUT2D eigenvalue weighted by atomic mass is 10.1. The summed E-state index contributed by atoms with van der Waals surface area (Å²) in [6.45, 7) is 14.3. The van der Waals surface area contributed by atoms with Crippen LogP contribution in [0, 0.1) is 5.92 Å². The second-order valence-electron chi connectivity index (χ2n) is 5.69. The van der Waals surface area contributed by atoms with Crippen LogP contribution < -0.4 is 5.32 Å². The van der Waals surface area contributed by atoms with Crippen LogP contribution in [0.4, 0.5) is 0 Å². The first-order valence-corrected chi connectivity index (χ1v) is 7.18. The SMILES string of the molecule is CCC1CNC(C)CN1CCCOCC(C)C. The maximum Gasteiger partial charge on any atom is 0.0489 e. The largest absolute Gasteiger partial charge is 0.381 e. The van der Waals surface area contributed by atoms with E-state index in [2.05, 4.69) is 37.9 Å². The van der Waals surface area contributed by atoms with E-state index < -0.39 is 0 Å². The van der Waals surface area contributed by atoms with E-state index in [1.807, 2.05) is 0 Å². The number of nitrogens with one attached hydrogen (secondary N) is 1. The van der Waals surface area contributed by atoms with Crippen molar-refractivity contribution in [3.8, 4) is 0 Å². The van der Waals surface area contributed by atoms with E-state index >= 15 is 0 Å². The van der Waals surface area contributed by atoms with Crippen LogP contribution in [0.1, 0.15) is 40.5 Å². The van der Waals surface area contributed by atoms with Crippen molar-refractivity contribution in [2.24, 2.45) is 5.92 Å². The van der Waals surface area contributed by atoms with Crippen LogP contribution in [-0.2, 0) is 4.74 Å². The monoisotopic (exact) mass is 242 g/mol. The van der Waals surface area contributed by atoms with Crippen molar-refractivity contribution in [2.75, 3.05) is 32.8 Å². The van der Waals surface area contributed by atoms with Crippen molar-refractivity contribution in [1.82, 2.24) is 10.2 Å². The maximum atomic E-state index is 5.64. The van der Waals surface area contributed by atoms with Gasteiger partial charge >= 0.3 is 0 Å². The molecule has 0 aliphatic carbocycles. The van der Waals surface area contributed by atoms with E-state index in [1.165, 1.54) is 19.5 Å². The van der Waals surface area contributed by atoms with E-state index in [-0.39, 0.29) is 0 Å². The average molecular weight is 242 g/mol. The Kier molecular flexibility index (Phi) is 7.09. The van der Waals surface area contributed by atoms with Gasteiger partial charge < -0.3 is 10.1 Å². The third-order valence-electron chi connectivity index (χ3n) is 3.38. The molecule has 102 valence electrons. The lowest BCUT2D eigenvalue weighted by Crippen LogP contribution is -2.55. The lowest BCUT2D eigenvalue weighted by Gasteiger charge is -2.39. The third-order valence-corrected chi connectivity index (χ3v) is 3.38. The molecule has 2 unspecified atom stereocenters. The van der Waals surface area contributed by atoms with Gasteiger partial charge in [-0.05, 0) is 25.7 Å². The molecule has 0 aromatic heterocycles. The molecule has 1 fully saturated rings. The Morgan fingerprint density at radius 3 is 2.82 bits per heavy atom. The highest BCUT2D eigenvalue weighted by atomic mass is 16.5. The van der Waals surface area contributed by atoms with Crippen LogP contribution >= 0.6 is 0 Å². The van der Waals surface area contributed by atoms with Crippen molar-refractivity contribution in [2.45, 2.75) is 52.6 Å². The molecule has 0 saturated carbocycles. The first-order valence-electron chi connectivity index (χ1n) is 7.18. The molecular weight excluding hydrogens is 212 g/mol. The van der Waals surface area contributed by atoms with Gasteiger partial charge in [-0.2, -0.15) is 0 Å². The predicted octanol–water partition coefficient (Wildman–Crippen LogP) is 2.12. The molecule has 1 N–H and O–H groups in total. The molecule has 0 bridgehead atoms. The van der Waals surface area contributed by atoms with Gasteiger partial charge in [0.25, 0.3) is 0 Å². The summed E-state index contributed by atoms with van der Waals surface area (Å²) in [6, 6.07) is 1.35. The first kappa shape index (κ1) is 14.9. The second-order valence-corrected chi connectivity index (χ2v) is 5.69. The van der Waals surface area contributed by atoms with Crippen molar-refractivity contribution >= 4 is 0 Å². The lowest BCUT2D eigenvalue weighted by molar-refractivity contribution is 0.0813. The highest BCUT2D eigenvalue weighted by Gasteiger charge is 2.23. The zero-order valence-electron chi connectivity index (χ0n) is 12.0. The molecule has 0 aromatic rings. The first-order chi connectivity index (χ1) is 8.13. The summed E-state index contributed by atoms with van der Waals surface area (Å²) in [5.41, 5.74) is 0. The third kappa shape index (κ3) is 5.84. The van der Waals surface area contributed by atoms with E-state index in [0.29, 0.717) is 12.0 Å². The van der Waals surface area contributed by atoms with Crippen LogP contribution in [-0.4, -0.2) is 49.8 Å². The van der Waals surface area contributed by atoms with Gasteiger partial charge in [0, 0.05) is 44.9 Å². The number of piperazine rings is 1. The van der Waals surface area contributed by atoms with E-state index in [0.717, 1.165) is 32.2 Å². The van der Waals surface area contributed by atoms with Crippen molar-refractivity contribution in [3.05, 3.63) is 0 Å². The van der Waals surface area contributed by atoms with Gasteiger partial charge in [-0.15, -0.1) is 0 Å². The Balaban J connectivity index is 2.14. The number of ether oxygens (including phenoxy) is 1. The molecule has 1 saturated heterocycles. The Morgan fingerprint density at radius 2 is 2.18 bits per heavy atom. The molecule has 1 heterocycles. The molecule has 1 aliphatic rings. The molecule has 3 nitrogen and oxygen atoms in total. The molecule has 0 amide bonds. The molecular formula is C14H30N2O. The fraction of sp³-hybridized carbons (Fsp3) is 1.00. The van der Waals surface area contributed by atoms with Crippen molar-refractivity contribution in [1.29, 1.82) is 0 Å². The summed E-state index contributed by atoms with van der Waals surface area (Å²) in [7, 11) is 0. The molecule has 0 aromatic carbocycles. The van der Waals surface area contributed by atoms with Crippen LogP contribution in [0.15, 0.2) is 0 Å². The van der Waals surface area contributed by atoms with Gasteiger partial charge in [-0.3, -0.25) is 4.90 Å². The fourth-order valence-corrected chi connectivity index (χ4v) is 2.40. The zero-order valence-corrected chi connectivity index (χ0v) is 12.0. The van der Waals surface area contributed by atoms with Crippen LogP contribution in [0.2, 0.25) is 0 Å². The zero-order chi connectivity index (χ0) is 12.7. The van der Waals surface area contributed by atoms with Crippen molar-refractivity contribution < 1.29 is 4.74 Å². The van der Waals surface area contributed by atoms with Gasteiger partial charge in [0.15, 0.2) is 0 Å². The van der Waals surface area contributed by atoms with Gasteiger partial charge in [-0.25, -0.2) is 0 Å². The van der Waals surface area contributed by atoms with Crippen molar-refractivity contribution in [3.63, 3.8) is 0 Å². The standard InChI is InChI=1S/C14H30N2O/c1-5-14-9-15-13(4)10-16(14)7-6-8-17-11-12(2)3/h12-15H,5-11H2,1-4H3. The second kappa shape index (κ2) is 8.06. The molecule has 2 atom stereocenters. The van der Waals surface area contributed by atoms with Gasteiger partial charge in [-0.1, -0.05) is 20.8 Å². The smallest absolute Gasteiger partial charge is 0.0489 e. The summed E-state index contributed by atoms with van der Waals surface area (Å²) in [5.74, 6) is 0.651. The molecule has 0 radical (unpaired) electrons. The van der Waals surface area contributed by atoms with Gasteiger partial charge in [0.05, 0.1) is 0 Å². The highest BCUT2D eigenvalue weighted by Crippen LogP contribution is 2.10. The number of hydrogen-bond acceptors (Lipinski definition) is 3. The topological polar surface area (TPSA) is 24.5 Å². The molecule has 3 heteroatoms. The van der Waals surface area contributed by atoms with Gasteiger partial charge in [0.1, 0.15) is 0 Å². The summed E-state index contributed by atoms with van der Waals surface area (Å²) in [6.07, 6.45) is 2.41. The van der Waals surface area contributed by atoms with Crippen LogP contribution in [0.3, 0.4) is 0 Å². The molecule has 1 aliphatic heterocycles. The minimum atomic E-state index is 0.634. The van der Waals surface area contributed by atoms with Crippen LogP contribution in [0.25, 0.3) is 0 Å². The Labute approximate surface area is 107 Å². The predicted molar refractivity (Wildman–Crippen MR) is 73.4 cm³/mol. The fourth-order valence-electron chi connectivity index (χ4n) is 2.40. The van der Waals surface area contributed by atoms with E-state index in [9.17, 15) is 0 Å². The van der Waals surface area contributed by atoms with Crippen LogP contribution in [0.5, 0.6) is 0 Å². The Bertz CT molecular complexity index is 197. The van der Waals surface area contributed by atoms with Gasteiger partial charge in [0.2, 0.25) is 0 Å². The minimum Gasteiger partial charge on any atom is -0.381 e. The Hall–Kier alpha value is -0.120. The quantitative estimate of drug-likeness (QED) is 0.692. The number of nitrogens with zero attached hydrogens (tertiary/aromatic N) is 1. The molecule has 1 rings (SSSR count). The van der Waals surface area contributed by atoms with E-state index in [4.69, 9.17) is 4.74 Å². The Morgan fingerprint density at radius 1 is 1.41 bits per heavy atom. The summed E-state index contributed by atoms with van der Waals surface area (Å²) >= 11 is 0. The number of hydrogen-bond donors (Lipinski definition) is 1. The molecule has 0 spiro atoms. The summed E-state index contributed by atoms with van der Waals surface area (Å²) < 4.78 is 5.64. The summed E-state index contributed by atoms with van der Waals surface area (Å²) in [4.78, 5) is 2.62. The minimum absolute atomic E-state index is 0.634. The highest BCUT2D eigenvalue weighted by molar-refractivity contribution is 4.83. The number of rotatable bonds is 7. The summed E-state index contributed by atoms with van der Waals surface area (Å²) in [5, 5.41) is 3.56. The normalized spacial score (nSPS) is 26.6.